The maximum absolute atomic E-state index is 11.8. The van der Waals surface area contributed by atoms with Crippen molar-refractivity contribution in [1.29, 1.82) is 0 Å². The van der Waals surface area contributed by atoms with Gasteiger partial charge in [-0.1, -0.05) is 11.6 Å². The Bertz CT molecular complexity index is 545. The van der Waals surface area contributed by atoms with Crippen molar-refractivity contribution in [1.82, 2.24) is 9.71 Å². The van der Waals surface area contributed by atoms with Crippen molar-refractivity contribution in [2.75, 3.05) is 6.54 Å². The predicted octanol–water partition coefficient (Wildman–Crippen LogP) is 0.587. The molecule has 0 atom stereocenters. The van der Waals surface area contributed by atoms with Crippen molar-refractivity contribution in [3.63, 3.8) is 0 Å². The first kappa shape index (κ1) is 14.9. The second kappa shape index (κ2) is 6.12. The van der Waals surface area contributed by atoms with Gasteiger partial charge in [-0.15, -0.1) is 0 Å². The molecule has 0 aliphatic heterocycles. The number of pyridine rings is 1. The van der Waals surface area contributed by atoms with Crippen molar-refractivity contribution in [3.05, 3.63) is 23.0 Å². The number of amides is 1. The Morgan fingerprint density at radius 2 is 2.22 bits per heavy atom. The number of nitrogens with two attached hydrogens (primary N) is 1. The maximum Gasteiger partial charge on any atom is 0.242 e. The van der Waals surface area contributed by atoms with E-state index in [0.717, 1.165) is 0 Å². The van der Waals surface area contributed by atoms with Crippen LogP contribution in [0, 0.1) is 6.92 Å². The molecule has 0 saturated carbocycles. The summed E-state index contributed by atoms with van der Waals surface area (Å²) in [7, 11) is -3.62. The third kappa shape index (κ3) is 4.25. The van der Waals surface area contributed by atoms with Gasteiger partial charge in [0.25, 0.3) is 0 Å². The molecule has 0 aliphatic rings. The van der Waals surface area contributed by atoms with Gasteiger partial charge in [-0.25, -0.2) is 18.1 Å². The van der Waals surface area contributed by atoms with Crippen LogP contribution < -0.4 is 10.5 Å². The summed E-state index contributed by atoms with van der Waals surface area (Å²) in [6.45, 7) is 1.81. The lowest BCUT2D eigenvalue weighted by Gasteiger charge is -2.07. The van der Waals surface area contributed by atoms with Gasteiger partial charge >= 0.3 is 0 Å². The molecule has 1 amide bonds. The highest BCUT2D eigenvalue weighted by Gasteiger charge is 2.15. The lowest BCUT2D eigenvalue weighted by Crippen LogP contribution is -2.26. The van der Waals surface area contributed by atoms with Gasteiger partial charge in [-0.2, -0.15) is 0 Å². The Morgan fingerprint density at radius 3 is 2.78 bits per heavy atom. The first-order chi connectivity index (χ1) is 8.33. The zero-order valence-electron chi connectivity index (χ0n) is 9.81. The fraction of sp³-hybridized carbons (Fsp3) is 0.400. The van der Waals surface area contributed by atoms with Crippen LogP contribution in [-0.2, 0) is 14.8 Å². The SMILES string of the molecule is Cc1cc(S(=O)(=O)NCCCC(N)=O)cnc1Cl. The number of aromatic nitrogens is 1. The summed E-state index contributed by atoms with van der Waals surface area (Å²) in [4.78, 5) is 14.3. The van der Waals surface area contributed by atoms with Gasteiger partial charge in [-0.05, 0) is 25.0 Å². The minimum Gasteiger partial charge on any atom is -0.370 e. The van der Waals surface area contributed by atoms with Gasteiger partial charge in [0, 0.05) is 19.2 Å². The maximum atomic E-state index is 11.8. The quantitative estimate of drug-likeness (QED) is 0.591. The van der Waals surface area contributed by atoms with Crippen LogP contribution in [0.1, 0.15) is 18.4 Å². The van der Waals surface area contributed by atoms with Gasteiger partial charge in [0.1, 0.15) is 10.0 Å². The molecule has 0 aromatic carbocycles. The van der Waals surface area contributed by atoms with Crippen LogP contribution in [0.15, 0.2) is 17.2 Å². The van der Waals surface area contributed by atoms with E-state index in [4.69, 9.17) is 17.3 Å². The fourth-order valence-electron chi connectivity index (χ4n) is 1.23. The highest BCUT2D eigenvalue weighted by Crippen LogP contribution is 2.16. The highest BCUT2D eigenvalue weighted by molar-refractivity contribution is 7.89. The molecule has 1 heterocycles. The number of carbonyl (C=O) groups excluding carboxylic acids is 1. The van der Waals surface area contributed by atoms with Crippen molar-refractivity contribution in [2.24, 2.45) is 5.73 Å². The number of hydrogen-bond acceptors (Lipinski definition) is 4. The van der Waals surface area contributed by atoms with E-state index >= 15 is 0 Å². The van der Waals surface area contributed by atoms with E-state index in [2.05, 4.69) is 9.71 Å². The van der Waals surface area contributed by atoms with E-state index in [9.17, 15) is 13.2 Å². The average molecular weight is 292 g/mol. The molecular weight excluding hydrogens is 278 g/mol. The van der Waals surface area contributed by atoms with Crippen LogP contribution in [0.5, 0.6) is 0 Å². The number of sulfonamides is 1. The Balaban J connectivity index is 2.68. The van der Waals surface area contributed by atoms with E-state index in [-0.39, 0.29) is 23.0 Å². The molecule has 100 valence electrons. The van der Waals surface area contributed by atoms with E-state index in [1.165, 1.54) is 12.3 Å². The first-order valence-corrected chi connectivity index (χ1v) is 7.09. The number of primary amides is 1. The molecule has 1 aromatic rings. The molecule has 0 bridgehead atoms. The van der Waals surface area contributed by atoms with Crippen LogP contribution in [0.2, 0.25) is 5.15 Å². The number of aryl methyl sites for hydroxylation is 1. The van der Waals surface area contributed by atoms with Crippen LogP contribution in [0.25, 0.3) is 0 Å². The Morgan fingerprint density at radius 1 is 1.56 bits per heavy atom. The molecule has 0 radical (unpaired) electrons. The molecule has 1 rings (SSSR count). The summed E-state index contributed by atoms with van der Waals surface area (Å²) in [6.07, 6.45) is 1.68. The molecule has 8 heteroatoms. The number of halogens is 1. The summed E-state index contributed by atoms with van der Waals surface area (Å²) >= 11 is 5.71. The van der Waals surface area contributed by atoms with Crippen LogP contribution in [0.4, 0.5) is 0 Å². The minimum atomic E-state index is -3.62. The molecule has 0 spiro atoms. The van der Waals surface area contributed by atoms with Gasteiger partial charge in [-0.3, -0.25) is 4.79 Å². The molecule has 3 N–H and O–H groups in total. The lowest BCUT2D eigenvalue weighted by atomic mass is 10.3. The van der Waals surface area contributed by atoms with Crippen molar-refractivity contribution < 1.29 is 13.2 Å². The lowest BCUT2D eigenvalue weighted by molar-refractivity contribution is -0.118. The van der Waals surface area contributed by atoms with E-state index in [0.29, 0.717) is 12.0 Å². The summed E-state index contributed by atoms with van der Waals surface area (Å²) in [5.74, 6) is -0.460. The van der Waals surface area contributed by atoms with E-state index in [1.54, 1.807) is 6.92 Å². The van der Waals surface area contributed by atoms with Gasteiger partial charge < -0.3 is 5.73 Å². The van der Waals surface area contributed by atoms with Crippen molar-refractivity contribution in [2.45, 2.75) is 24.7 Å². The highest BCUT2D eigenvalue weighted by atomic mass is 35.5. The molecule has 6 nitrogen and oxygen atoms in total. The second-order valence-electron chi connectivity index (χ2n) is 3.75. The fourth-order valence-corrected chi connectivity index (χ4v) is 2.44. The van der Waals surface area contributed by atoms with Crippen molar-refractivity contribution in [3.8, 4) is 0 Å². The average Bonchev–Trinajstić information content (AvgIpc) is 2.28. The topological polar surface area (TPSA) is 102 Å². The monoisotopic (exact) mass is 291 g/mol. The summed E-state index contributed by atoms with van der Waals surface area (Å²) in [6, 6.07) is 1.44. The predicted molar refractivity (Wildman–Crippen MR) is 67.6 cm³/mol. The molecule has 0 unspecified atom stereocenters. The molecule has 0 saturated heterocycles. The molecule has 1 aromatic heterocycles. The zero-order valence-corrected chi connectivity index (χ0v) is 11.4. The molecule has 18 heavy (non-hydrogen) atoms. The Kier molecular flexibility index (Phi) is 5.06. The Labute approximate surface area is 111 Å². The third-order valence-corrected chi connectivity index (χ3v) is 4.02. The van der Waals surface area contributed by atoms with E-state index in [1.807, 2.05) is 0 Å². The number of rotatable bonds is 6. The van der Waals surface area contributed by atoms with Crippen LogP contribution in [-0.4, -0.2) is 25.9 Å². The number of hydrogen-bond donors (Lipinski definition) is 2. The standard InChI is InChI=1S/C10H14ClN3O3S/c1-7-5-8(6-13-10(7)11)18(16,17)14-4-2-3-9(12)15/h5-6,14H,2-4H2,1H3,(H2,12,15). The zero-order chi connectivity index (χ0) is 13.8. The molecule has 0 fully saturated rings. The van der Waals surface area contributed by atoms with E-state index < -0.39 is 15.9 Å². The molecule has 0 aliphatic carbocycles. The smallest absolute Gasteiger partial charge is 0.242 e. The normalized spacial score (nSPS) is 11.4. The summed E-state index contributed by atoms with van der Waals surface area (Å²) in [5, 5.41) is 0.266. The number of carbonyl (C=O) groups is 1. The largest absolute Gasteiger partial charge is 0.370 e. The van der Waals surface area contributed by atoms with Gasteiger partial charge in [0.2, 0.25) is 15.9 Å². The van der Waals surface area contributed by atoms with Crippen LogP contribution in [0.3, 0.4) is 0 Å². The summed E-state index contributed by atoms with van der Waals surface area (Å²) in [5.41, 5.74) is 5.53. The number of nitrogens with one attached hydrogen (secondary N) is 1. The van der Waals surface area contributed by atoms with Crippen LogP contribution >= 0.6 is 11.6 Å². The second-order valence-corrected chi connectivity index (χ2v) is 5.87. The summed E-state index contributed by atoms with van der Waals surface area (Å²) < 4.78 is 26.0. The number of nitrogens with zero attached hydrogens (tertiary/aromatic N) is 1. The third-order valence-electron chi connectivity index (χ3n) is 2.19. The molecular formula is C10H14ClN3O3S. The van der Waals surface area contributed by atoms with Gasteiger partial charge in [0.15, 0.2) is 0 Å². The van der Waals surface area contributed by atoms with Gasteiger partial charge in [0.05, 0.1) is 0 Å². The van der Waals surface area contributed by atoms with Crippen molar-refractivity contribution >= 4 is 27.5 Å². The Hall–Kier alpha value is -1.18. The minimum absolute atomic E-state index is 0.0449. The first-order valence-electron chi connectivity index (χ1n) is 5.23.